The SMILES string of the molecule is CN/C=C1/C=C(C(=O)Nc2ccc(Cl)c(Cl)c2)C=CC1=N. The van der Waals surface area contributed by atoms with Crippen LogP contribution >= 0.6 is 23.2 Å². The van der Waals surface area contributed by atoms with E-state index in [1.165, 1.54) is 0 Å². The van der Waals surface area contributed by atoms with Gasteiger partial charge in [0.05, 0.1) is 15.8 Å². The molecule has 0 unspecified atom stereocenters. The van der Waals surface area contributed by atoms with Crippen LogP contribution in [0.2, 0.25) is 10.0 Å². The first kappa shape index (κ1) is 15.4. The van der Waals surface area contributed by atoms with Gasteiger partial charge in [-0.2, -0.15) is 0 Å². The van der Waals surface area contributed by atoms with Gasteiger partial charge in [0, 0.05) is 30.1 Å². The molecular weight excluding hydrogens is 309 g/mol. The smallest absolute Gasteiger partial charge is 0.255 e. The first-order chi connectivity index (χ1) is 10.0. The van der Waals surface area contributed by atoms with Crippen molar-refractivity contribution < 1.29 is 4.79 Å². The minimum absolute atomic E-state index is 0.279. The van der Waals surface area contributed by atoms with Gasteiger partial charge in [-0.25, -0.2) is 0 Å². The lowest BCUT2D eigenvalue weighted by Gasteiger charge is -2.11. The van der Waals surface area contributed by atoms with Crippen LogP contribution in [0.1, 0.15) is 0 Å². The third-order valence-corrected chi connectivity index (χ3v) is 3.53. The number of benzene rings is 1. The Morgan fingerprint density at radius 1 is 1.24 bits per heavy atom. The second-order valence-corrected chi connectivity index (χ2v) is 5.13. The summed E-state index contributed by atoms with van der Waals surface area (Å²) in [5.74, 6) is -0.279. The number of rotatable bonds is 3. The highest BCUT2D eigenvalue weighted by atomic mass is 35.5. The number of carbonyl (C=O) groups excluding carboxylic acids is 1. The molecule has 2 rings (SSSR count). The minimum atomic E-state index is -0.279. The van der Waals surface area contributed by atoms with Gasteiger partial charge in [0.15, 0.2) is 0 Å². The molecular formula is C15H13Cl2N3O. The van der Waals surface area contributed by atoms with E-state index in [2.05, 4.69) is 10.6 Å². The van der Waals surface area contributed by atoms with E-state index in [-0.39, 0.29) is 5.91 Å². The van der Waals surface area contributed by atoms with Gasteiger partial charge in [-0.3, -0.25) is 4.79 Å². The number of allylic oxidation sites excluding steroid dienone is 3. The fraction of sp³-hybridized carbons (Fsp3) is 0.0667. The van der Waals surface area contributed by atoms with E-state index in [0.717, 1.165) is 0 Å². The average Bonchev–Trinajstić information content (AvgIpc) is 2.45. The highest BCUT2D eigenvalue weighted by Crippen LogP contribution is 2.25. The summed E-state index contributed by atoms with van der Waals surface area (Å²) in [6, 6.07) is 4.87. The van der Waals surface area contributed by atoms with E-state index in [1.54, 1.807) is 49.7 Å². The summed E-state index contributed by atoms with van der Waals surface area (Å²) in [6.45, 7) is 0. The van der Waals surface area contributed by atoms with Crippen molar-refractivity contribution in [2.75, 3.05) is 12.4 Å². The molecule has 21 heavy (non-hydrogen) atoms. The Balaban J connectivity index is 2.18. The van der Waals surface area contributed by atoms with E-state index in [1.807, 2.05) is 0 Å². The molecule has 3 N–H and O–H groups in total. The summed E-state index contributed by atoms with van der Waals surface area (Å²) in [4.78, 5) is 12.2. The Morgan fingerprint density at radius 3 is 2.67 bits per heavy atom. The zero-order valence-corrected chi connectivity index (χ0v) is 12.7. The molecule has 0 fully saturated rings. The van der Waals surface area contributed by atoms with E-state index in [0.29, 0.717) is 32.6 Å². The van der Waals surface area contributed by atoms with Crippen molar-refractivity contribution in [2.24, 2.45) is 0 Å². The van der Waals surface area contributed by atoms with Crippen molar-refractivity contribution in [3.63, 3.8) is 0 Å². The Labute approximate surface area is 132 Å². The van der Waals surface area contributed by atoms with Crippen LogP contribution in [0.15, 0.2) is 53.8 Å². The van der Waals surface area contributed by atoms with E-state index in [9.17, 15) is 4.79 Å². The Hall–Kier alpha value is -2.04. The van der Waals surface area contributed by atoms with Gasteiger partial charge in [-0.15, -0.1) is 0 Å². The van der Waals surface area contributed by atoms with Crippen LogP contribution in [-0.4, -0.2) is 18.7 Å². The molecule has 4 nitrogen and oxygen atoms in total. The zero-order chi connectivity index (χ0) is 15.4. The summed E-state index contributed by atoms with van der Waals surface area (Å²) in [5, 5.41) is 14.1. The second kappa shape index (κ2) is 6.61. The summed E-state index contributed by atoms with van der Waals surface area (Å²) < 4.78 is 0. The van der Waals surface area contributed by atoms with Crippen molar-refractivity contribution in [1.82, 2.24) is 5.32 Å². The standard InChI is InChI=1S/C15H13Cl2N3O/c1-19-8-10-6-9(2-5-14(10)18)15(21)20-11-3-4-12(16)13(17)7-11/h2-8,18-19H,1H3,(H,20,21)/b10-8-,18-14?. The number of hydrogen-bond acceptors (Lipinski definition) is 3. The number of nitrogens with one attached hydrogen (secondary N) is 3. The van der Waals surface area contributed by atoms with Gasteiger partial charge in [0.25, 0.3) is 5.91 Å². The largest absolute Gasteiger partial charge is 0.393 e. The molecule has 108 valence electrons. The van der Waals surface area contributed by atoms with Crippen LogP contribution in [0, 0.1) is 5.41 Å². The molecule has 0 aliphatic heterocycles. The van der Waals surface area contributed by atoms with Crippen molar-refractivity contribution in [2.45, 2.75) is 0 Å². The molecule has 0 radical (unpaired) electrons. The molecule has 0 spiro atoms. The zero-order valence-electron chi connectivity index (χ0n) is 11.2. The Kier molecular flexibility index (Phi) is 4.83. The summed E-state index contributed by atoms with van der Waals surface area (Å²) in [7, 11) is 1.74. The molecule has 0 bridgehead atoms. The molecule has 6 heteroatoms. The summed E-state index contributed by atoms with van der Waals surface area (Å²) >= 11 is 11.7. The van der Waals surface area contributed by atoms with Crippen molar-refractivity contribution in [3.8, 4) is 0 Å². The van der Waals surface area contributed by atoms with Gasteiger partial charge in [-0.1, -0.05) is 23.2 Å². The first-order valence-electron chi connectivity index (χ1n) is 6.14. The van der Waals surface area contributed by atoms with Crippen LogP contribution < -0.4 is 10.6 Å². The number of hydrogen-bond donors (Lipinski definition) is 3. The molecule has 1 aliphatic carbocycles. The summed E-state index contributed by atoms with van der Waals surface area (Å²) in [5.41, 5.74) is 2.00. The number of carbonyl (C=O) groups is 1. The van der Waals surface area contributed by atoms with Crippen LogP contribution in [0.5, 0.6) is 0 Å². The number of halogens is 2. The molecule has 1 aliphatic rings. The average molecular weight is 322 g/mol. The van der Waals surface area contributed by atoms with E-state index in [4.69, 9.17) is 28.6 Å². The monoisotopic (exact) mass is 321 g/mol. The normalized spacial score (nSPS) is 15.9. The van der Waals surface area contributed by atoms with Crippen LogP contribution in [0.3, 0.4) is 0 Å². The maximum atomic E-state index is 12.2. The molecule has 0 aromatic heterocycles. The van der Waals surface area contributed by atoms with Crippen molar-refractivity contribution in [1.29, 1.82) is 5.41 Å². The predicted molar refractivity (Wildman–Crippen MR) is 87.2 cm³/mol. The third-order valence-electron chi connectivity index (χ3n) is 2.79. The van der Waals surface area contributed by atoms with Gasteiger partial charge in [-0.05, 0) is 36.4 Å². The second-order valence-electron chi connectivity index (χ2n) is 4.32. The maximum Gasteiger partial charge on any atom is 0.255 e. The fourth-order valence-electron chi connectivity index (χ4n) is 1.76. The number of anilines is 1. The van der Waals surface area contributed by atoms with Gasteiger partial charge in [0.2, 0.25) is 0 Å². The lowest BCUT2D eigenvalue weighted by molar-refractivity contribution is -0.112. The predicted octanol–water partition coefficient (Wildman–Crippen LogP) is 3.55. The van der Waals surface area contributed by atoms with Crippen molar-refractivity contribution >= 4 is 40.5 Å². The van der Waals surface area contributed by atoms with Gasteiger partial charge in [0.1, 0.15) is 0 Å². The molecule has 1 amide bonds. The summed E-state index contributed by atoms with van der Waals surface area (Å²) in [6.07, 6.45) is 6.49. The quantitative estimate of drug-likeness (QED) is 0.797. The topological polar surface area (TPSA) is 65.0 Å². The van der Waals surface area contributed by atoms with Crippen LogP contribution in [0.4, 0.5) is 5.69 Å². The molecule has 0 saturated carbocycles. The van der Waals surface area contributed by atoms with Crippen molar-refractivity contribution in [3.05, 3.63) is 63.8 Å². The molecule has 1 aromatic rings. The molecule has 0 atom stereocenters. The van der Waals surface area contributed by atoms with E-state index >= 15 is 0 Å². The first-order valence-corrected chi connectivity index (χ1v) is 6.89. The van der Waals surface area contributed by atoms with Crippen LogP contribution in [-0.2, 0) is 4.79 Å². The number of amides is 1. The molecule has 0 heterocycles. The Bertz CT molecular complexity index is 690. The van der Waals surface area contributed by atoms with E-state index < -0.39 is 0 Å². The van der Waals surface area contributed by atoms with Gasteiger partial charge >= 0.3 is 0 Å². The lowest BCUT2D eigenvalue weighted by atomic mass is 10.0. The lowest BCUT2D eigenvalue weighted by Crippen LogP contribution is -2.16. The fourth-order valence-corrected chi connectivity index (χ4v) is 2.05. The Morgan fingerprint density at radius 2 is 2.00 bits per heavy atom. The molecule has 1 aromatic carbocycles. The maximum absolute atomic E-state index is 12.2. The highest BCUT2D eigenvalue weighted by Gasteiger charge is 2.14. The van der Waals surface area contributed by atoms with Crippen LogP contribution in [0.25, 0.3) is 0 Å². The molecule has 0 saturated heterocycles. The van der Waals surface area contributed by atoms with Gasteiger partial charge < -0.3 is 16.0 Å². The third kappa shape index (κ3) is 3.74. The minimum Gasteiger partial charge on any atom is -0.393 e. The highest BCUT2D eigenvalue weighted by molar-refractivity contribution is 6.42.